The summed E-state index contributed by atoms with van der Waals surface area (Å²) in [6.45, 7) is 7.04. The van der Waals surface area contributed by atoms with Crippen molar-refractivity contribution in [1.82, 2.24) is 4.98 Å². The van der Waals surface area contributed by atoms with E-state index < -0.39 is 0 Å². The first-order valence-corrected chi connectivity index (χ1v) is 5.88. The second kappa shape index (κ2) is 6.23. The van der Waals surface area contributed by atoms with Crippen LogP contribution >= 0.6 is 0 Å². The number of carbonyl (C=O) groups excluding carboxylic acids is 1. The monoisotopic (exact) mass is 236 g/mol. The highest BCUT2D eigenvalue weighted by Gasteiger charge is 2.10. The number of ether oxygens (including phenoxy) is 1. The third-order valence-corrected chi connectivity index (χ3v) is 2.82. The minimum atomic E-state index is -0.344. The Kier molecular flexibility index (Phi) is 4.94. The second-order valence-electron chi connectivity index (χ2n) is 4.22. The van der Waals surface area contributed by atoms with Gasteiger partial charge < -0.3 is 10.1 Å². The number of rotatable bonds is 5. The van der Waals surface area contributed by atoms with Crippen molar-refractivity contribution in [2.24, 2.45) is 5.92 Å². The highest BCUT2D eigenvalue weighted by atomic mass is 16.5. The fraction of sp³-hybridized carbons (Fsp3) is 0.538. The molecule has 0 fully saturated rings. The van der Waals surface area contributed by atoms with Crippen LogP contribution < -0.4 is 5.32 Å². The van der Waals surface area contributed by atoms with Crippen LogP contribution in [0.25, 0.3) is 0 Å². The molecule has 0 bridgehead atoms. The van der Waals surface area contributed by atoms with E-state index in [9.17, 15) is 4.79 Å². The summed E-state index contributed by atoms with van der Waals surface area (Å²) in [5, 5.41) is 3.26. The largest absolute Gasteiger partial charge is 0.465 e. The lowest BCUT2D eigenvalue weighted by molar-refractivity contribution is 0.0599. The highest BCUT2D eigenvalue weighted by Crippen LogP contribution is 2.12. The van der Waals surface area contributed by atoms with Crippen LogP contribution in [0.2, 0.25) is 0 Å². The lowest BCUT2D eigenvalue weighted by atomic mass is 10.1. The minimum Gasteiger partial charge on any atom is -0.465 e. The van der Waals surface area contributed by atoms with Gasteiger partial charge in [-0.25, -0.2) is 9.78 Å². The Bertz CT molecular complexity index is 391. The first-order chi connectivity index (χ1) is 8.08. The molecule has 1 heterocycles. The second-order valence-corrected chi connectivity index (χ2v) is 4.22. The van der Waals surface area contributed by atoms with E-state index in [0.717, 1.165) is 18.8 Å². The number of hydrogen-bond acceptors (Lipinski definition) is 4. The molecule has 0 aliphatic heterocycles. The third kappa shape index (κ3) is 3.73. The summed E-state index contributed by atoms with van der Waals surface area (Å²) < 4.78 is 4.67. The van der Waals surface area contributed by atoms with Crippen molar-refractivity contribution in [2.45, 2.75) is 27.2 Å². The fourth-order valence-corrected chi connectivity index (χ4v) is 1.41. The van der Waals surface area contributed by atoms with Crippen molar-refractivity contribution in [3.05, 3.63) is 23.4 Å². The molecule has 0 aliphatic carbocycles. The van der Waals surface area contributed by atoms with Gasteiger partial charge in [-0.3, -0.25) is 0 Å². The number of nitrogens with one attached hydrogen (secondary N) is 1. The van der Waals surface area contributed by atoms with Crippen LogP contribution in [-0.4, -0.2) is 24.6 Å². The Balaban J connectivity index is 2.72. The van der Waals surface area contributed by atoms with Gasteiger partial charge in [-0.2, -0.15) is 0 Å². The maximum Gasteiger partial charge on any atom is 0.339 e. The number of nitrogens with zero attached hydrogens (tertiary/aromatic N) is 1. The predicted molar refractivity (Wildman–Crippen MR) is 68.3 cm³/mol. The lowest BCUT2D eigenvalue weighted by Crippen LogP contribution is -2.12. The maximum absolute atomic E-state index is 11.4. The molecule has 1 unspecified atom stereocenters. The number of esters is 1. The highest BCUT2D eigenvalue weighted by molar-refractivity contribution is 5.90. The van der Waals surface area contributed by atoms with Gasteiger partial charge in [0.1, 0.15) is 5.82 Å². The van der Waals surface area contributed by atoms with E-state index in [1.54, 1.807) is 13.0 Å². The fourth-order valence-electron chi connectivity index (χ4n) is 1.41. The summed E-state index contributed by atoms with van der Waals surface area (Å²) in [7, 11) is 1.37. The quantitative estimate of drug-likeness (QED) is 0.798. The number of methoxy groups -OCH3 is 1. The topological polar surface area (TPSA) is 51.2 Å². The first kappa shape index (κ1) is 13.5. The summed E-state index contributed by atoms with van der Waals surface area (Å²) in [5.74, 6) is 1.07. The molecule has 0 saturated carbocycles. The van der Waals surface area contributed by atoms with Crippen molar-refractivity contribution < 1.29 is 9.53 Å². The van der Waals surface area contributed by atoms with E-state index in [4.69, 9.17) is 0 Å². The van der Waals surface area contributed by atoms with Crippen LogP contribution in [0, 0.1) is 12.8 Å². The van der Waals surface area contributed by atoms with Crippen molar-refractivity contribution in [3.8, 4) is 0 Å². The van der Waals surface area contributed by atoms with Crippen LogP contribution in [0.3, 0.4) is 0 Å². The van der Waals surface area contributed by atoms with E-state index in [1.165, 1.54) is 7.11 Å². The Labute approximate surface area is 102 Å². The van der Waals surface area contributed by atoms with Gasteiger partial charge in [-0.1, -0.05) is 20.3 Å². The van der Waals surface area contributed by atoms with Crippen molar-refractivity contribution >= 4 is 11.8 Å². The molecule has 1 N–H and O–H groups in total. The van der Waals surface area contributed by atoms with Gasteiger partial charge in [0.25, 0.3) is 0 Å². The molecule has 0 aliphatic rings. The molecular weight excluding hydrogens is 216 g/mol. The summed E-state index contributed by atoms with van der Waals surface area (Å²) in [6.07, 6.45) is 1.13. The Morgan fingerprint density at radius 1 is 1.53 bits per heavy atom. The van der Waals surface area contributed by atoms with Gasteiger partial charge in [0.2, 0.25) is 0 Å². The number of carbonyl (C=O) groups is 1. The molecule has 94 valence electrons. The summed E-state index contributed by atoms with van der Waals surface area (Å²) >= 11 is 0. The molecule has 4 nitrogen and oxygen atoms in total. The molecule has 0 radical (unpaired) electrons. The molecule has 4 heteroatoms. The lowest BCUT2D eigenvalue weighted by Gasteiger charge is -2.12. The molecule has 0 amide bonds. The normalized spacial score (nSPS) is 12.0. The van der Waals surface area contributed by atoms with Gasteiger partial charge >= 0.3 is 5.97 Å². The number of pyridine rings is 1. The third-order valence-electron chi connectivity index (χ3n) is 2.82. The smallest absolute Gasteiger partial charge is 0.339 e. The zero-order chi connectivity index (χ0) is 12.8. The summed E-state index contributed by atoms with van der Waals surface area (Å²) in [5.41, 5.74) is 1.20. The molecule has 1 atom stereocenters. The van der Waals surface area contributed by atoms with Crippen molar-refractivity contribution in [2.75, 3.05) is 19.0 Å². The average Bonchev–Trinajstić information content (AvgIpc) is 2.35. The SMILES string of the molecule is CCC(C)CNc1ccc(C(=O)OC)c(C)n1. The molecule has 0 saturated heterocycles. The van der Waals surface area contributed by atoms with E-state index in [-0.39, 0.29) is 5.97 Å². The van der Waals surface area contributed by atoms with Crippen molar-refractivity contribution in [3.63, 3.8) is 0 Å². The molecule has 1 rings (SSSR count). The Morgan fingerprint density at radius 3 is 2.76 bits per heavy atom. The standard InChI is InChI=1S/C13H20N2O2/c1-5-9(2)8-14-12-7-6-11(10(3)15-12)13(16)17-4/h6-7,9H,5,8H2,1-4H3,(H,14,15). The molecule has 17 heavy (non-hydrogen) atoms. The van der Waals surface area contributed by atoms with E-state index in [1.807, 2.05) is 6.07 Å². The number of hydrogen-bond donors (Lipinski definition) is 1. The maximum atomic E-state index is 11.4. The number of aryl methyl sites for hydroxylation is 1. The van der Waals surface area contributed by atoms with Crippen LogP contribution in [-0.2, 0) is 4.74 Å². The van der Waals surface area contributed by atoms with Crippen LogP contribution in [0.1, 0.15) is 36.3 Å². The van der Waals surface area contributed by atoms with Crippen molar-refractivity contribution in [1.29, 1.82) is 0 Å². The molecule has 1 aromatic heterocycles. The number of aromatic nitrogens is 1. The number of anilines is 1. The van der Waals surface area contributed by atoms with Gasteiger partial charge in [-0.15, -0.1) is 0 Å². The zero-order valence-corrected chi connectivity index (χ0v) is 10.9. The van der Waals surface area contributed by atoms with Crippen LogP contribution in [0.5, 0.6) is 0 Å². The summed E-state index contributed by atoms with van der Waals surface area (Å²) in [6, 6.07) is 3.55. The molecule has 0 spiro atoms. The molecule has 0 aromatic carbocycles. The van der Waals surface area contributed by atoms with E-state index >= 15 is 0 Å². The predicted octanol–water partition coefficient (Wildman–Crippen LogP) is 2.63. The molecular formula is C13H20N2O2. The first-order valence-electron chi connectivity index (χ1n) is 5.88. The molecule has 1 aromatic rings. The van der Waals surface area contributed by atoms with Gasteiger partial charge in [0.15, 0.2) is 0 Å². The van der Waals surface area contributed by atoms with Gasteiger partial charge in [-0.05, 0) is 25.0 Å². The average molecular weight is 236 g/mol. The minimum absolute atomic E-state index is 0.344. The summed E-state index contributed by atoms with van der Waals surface area (Å²) in [4.78, 5) is 15.7. The van der Waals surface area contributed by atoms with E-state index in [0.29, 0.717) is 17.2 Å². The van der Waals surface area contributed by atoms with Gasteiger partial charge in [0, 0.05) is 6.54 Å². The van der Waals surface area contributed by atoms with Crippen LogP contribution in [0.4, 0.5) is 5.82 Å². The zero-order valence-electron chi connectivity index (χ0n) is 10.9. The van der Waals surface area contributed by atoms with Crippen LogP contribution in [0.15, 0.2) is 12.1 Å². The Hall–Kier alpha value is -1.58. The Morgan fingerprint density at radius 2 is 2.24 bits per heavy atom. The van der Waals surface area contributed by atoms with Gasteiger partial charge in [0.05, 0.1) is 18.4 Å². The van der Waals surface area contributed by atoms with E-state index in [2.05, 4.69) is 28.9 Å².